The van der Waals surface area contributed by atoms with Gasteiger partial charge in [-0.3, -0.25) is 9.59 Å². The van der Waals surface area contributed by atoms with Gasteiger partial charge in [-0.05, 0) is 54.7 Å². The maximum absolute atomic E-state index is 13.3. The molecule has 2 aromatic carbocycles. The third-order valence-electron chi connectivity index (χ3n) is 7.80. The normalized spacial score (nSPS) is 16.1. The van der Waals surface area contributed by atoms with Crippen LogP contribution in [0, 0.1) is 0 Å². The molecule has 0 saturated carbocycles. The van der Waals surface area contributed by atoms with Crippen LogP contribution in [-0.4, -0.2) is 57.0 Å². The summed E-state index contributed by atoms with van der Waals surface area (Å²) in [6, 6.07) is 19.2. The second kappa shape index (κ2) is 12.7. The number of rotatable bonds is 9. The molecule has 1 aliphatic heterocycles. The minimum atomic E-state index is -0.285. The van der Waals surface area contributed by atoms with Crippen molar-refractivity contribution in [3.8, 4) is 17.0 Å². The molecule has 9 heteroatoms. The number of pyridine rings is 1. The molecule has 1 unspecified atom stereocenters. The van der Waals surface area contributed by atoms with Crippen LogP contribution >= 0.6 is 11.6 Å². The molecule has 1 aliphatic rings. The smallest absolute Gasteiger partial charge is 0.224 e. The van der Waals surface area contributed by atoms with Gasteiger partial charge in [0.05, 0.1) is 0 Å². The lowest BCUT2D eigenvalue weighted by atomic mass is 9.93. The van der Waals surface area contributed by atoms with Crippen molar-refractivity contribution in [1.29, 1.82) is 0 Å². The predicted molar refractivity (Wildman–Crippen MR) is 162 cm³/mol. The second-order valence-electron chi connectivity index (χ2n) is 10.8. The maximum atomic E-state index is 13.3. The lowest BCUT2D eigenvalue weighted by Gasteiger charge is -2.34. The van der Waals surface area contributed by atoms with Crippen molar-refractivity contribution in [3.05, 3.63) is 83.1 Å². The molecule has 5 rings (SSSR count). The summed E-state index contributed by atoms with van der Waals surface area (Å²) in [4.78, 5) is 30.7. The van der Waals surface area contributed by atoms with Gasteiger partial charge in [-0.15, -0.1) is 0 Å². The molecule has 214 valence electrons. The van der Waals surface area contributed by atoms with Crippen molar-refractivity contribution < 1.29 is 14.7 Å². The third-order valence-corrected chi connectivity index (χ3v) is 8.13. The van der Waals surface area contributed by atoms with Crippen LogP contribution in [0.15, 0.2) is 66.9 Å². The fourth-order valence-corrected chi connectivity index (χ4v) is 5.99. The fourth-order valence-electron chi connectivity index (χ4n) is 5.76. The van der Waals surface area contributed by atoms with E-state index in [2.05, 4.69) is 27.0 Å². The minimum absolute atomic E-state index is 0.00483. The summed E-state index contributed by atoms with van der Waals surface area (Å²) in [5, 5.41) is 14.0. The number of benzene rings is 2. The van der Waals surface area contributed by atoms with Crippen molar-refractivity contribution in [1.82, 2.24) is 19.8 Å². The molecule has 2 atom stereocenters. The van der Waals surface area contributed by atoms with Gasteiger partial charge in [-0.2, -0.15) is 0 Å². The molecule has 4 N–H and O–H groups in total. The first-order chi connectivity index (χ1) is 19.8. The standard InChI is InChI=1S/C32H36ClN5O3/c1-21(39)35-13-15-38-29-6-2-5-28(33)27(29)18-30(38)25-4-3-14-37(20-25)32(41)17-26(34)16-22-7-9-23(10-8-22)24-11-12-31(40)36-19-24/h2,5-12,18-19,25-26H,3-4,13-17,20,34H2,1H3,(H,35,39)(H,36,40)/t25?,26-/m1/s1. The number of aromatic hydroxyl groups is 1. The number of nitrogens with zero attached hydrogens (tertiary/aromatic N) is 3. The van der Waals surface area contributed by atoms with Crippen LogP contribution in [0.4, 0.5) is 0 Å². The number of piperidine rings is 1. The number of hydrogen-bond acceptors (Lipinski definition) is 5. The van der Waals surface area contributed by atoms with E-state index in [4.69, 9.17) is 17.3 Å². The van der Waals surface area contributed by atoms with E-state index in [1.54, 1.807) is 12.3 Å². The van der Waals surface area contributed by atoms with Gasteiger partial charge in [0.1, 0.15) is 0 Å². The highest BCUT2D eigenvalue weighted by Crippen LogP contribution is 2.34. The Bertz CT molecular complexity index is 1520. The number of nitrogens with two attached hydrogens (primary N) is 1. The quantitative estimate of drug-likeness (QED) is 0.264. The van der Waals surface area contributed by atoms with Crippen LogP contribution in [-0.2, 0) is 22.6 Å². The molecule has 41 heavy (non-hydrogen) atoms. The highest BCUT2D eigenvalue weighted by molar-refractivity contribution is 6.35. The predicted octanol–water partition coefficient (Wildman–Crippen LogP) is 4.86. The molecule has 1 fully saturated rings. The highest BCUT2D eigenvalue weighted by Gasteiger charge is 2.28. The average molecular weight is 574 g/mol. The Kier molecular flexibility index (Phi) is 8.90. The number of amides is 2. The molecular weight excluding hydrogens is 538 g/mol. The van der Waals surface area contributed by atoms with Gasteiger partial charge in [-0.25, -0.2) is 4.98 Å². The molecule has 2 aromatic heterocycles. The number of hydrogen-bond donors (Lipinski definition) is 3. The molecule has 0 aliphatic carbocycles. The Morgan fingerprint density at radius 2 is 1.93 bits per heavy atom. The van der Waals surface area contributed by atoms with Crippen molar-refractivity contribution in [2.24, 2.45) is 5.73 Å². The van der Waals surface area contributed by atoms with Crippen LogP contribution in [0.5, 0.6) is 5.88 Å². The summed E-state index contributed by atoms with van der Waals surface area (Å²) in [5.74, 6) is 0.187. The number of carbonyl (C=O) groups excluding carboxylic acids is 2. The first kappa shape index (κ1) is 28.6. The lowest BCUT2D eigenvalue weighted by molar-refractivity contribution is -0.132. The number of nitrogens with one attached hydrogen (secondary N) is 1. The van der Waals surface area contributed by atoms with Gasteiger partial charge in [-0.1, -0.05) is 41.9 Å². The van der Waals surface area contributed by atoms with Gasteiger partial charge >= 0.3 is 0 Å². The van der Waals surface area contributed by atoms with E-state index in [-0.39, 0.29) is 36.1 Å². The average Bonchev–Trinajstić information content (AvgIpc) is 3.33. The highest BCUT2D eigenvalue weighted by atomic mass is 35.5. The summed E-state index contributed by atoms with van der Waals surface area (Å²) in [6.45, 7) is 4.04. The van der Waals surface area contributed by atoms with Crippen LogP contribution in [0.3, 0.4) is 0 Å². The molecule has 2 amide bonds. The summed E-state index contributed by atoms with van der Waals surface area (Å²) < 4.78 is 2.24. The largest absolute Gasteiger partial charge is 0.493 e. The zero-order valence-electron chi connectivity index (χ0n) is 23.2. The van der Waals surface area contributed by atoms with Crippen LogP contribution < -0.4 is 11.1 Å². The zero-order valence-corrected chi connectivity index (χ0v) is 24.0. The Morgan fingerprint density at radius 1 is 1.15 bits per heavy atom. The summed E-state index contributed by atoms with van der Waals surface area (Å²) in [6.07, 6.45) is 4.42. The van der Waals surface area contributed by atoms with Crippen molar-refractivity contribution in [2.75, 3.05) is 19.6 Å². The summed E-state index contributed by atoms with van der Waals surface area (Å²) in [7, 11) is 0. The van der Waals surface area contributed by atoms with Gasteiger partial charge < -0.3 is 25.6 Å². The molecule has 0 bridgehead atoms. The van der Waals surface area contributed by atoms with Crippen molar-refractivity contribution in [3.63, 3.8) is 0 Å². The first-order valence-electron chi connectivity index (χ1n) is 14.1. The lowest BCUT2D eigenvalue weighted by Crippen LogP contribution is -2.42. The Labute approximate surface area is 245 Å². The van der Waals surface area contributed by atoms with E-state index < -0.39 is 0 Å². The van der Waals surface area contributed by atoms with Gasteiger partial charge in [0.25, 0.3) is 0 Å². The summed E-state index contributed by atoms with van der Waals surface area (Å²) in [5.41, 5.74) is 11.6. The van der Waals surface area contributed by atoms with Gasteiger partial charge in [0, 0.05) is 90.9 Å². The van der Waals surface area contributed by atoms with Crippen LogP contribution in [0.2, 0.25) is 5.02 Å². The number of aromatic nitrogens is 2. The Balaban J connectivity index is 1.23. The topological polar surface area (TPSA) is 113 Å². The first-order valence-corrected chi connectivity index (χ1v) is 14.5. The Hall–Kier alpha value is -3.88. The number of carbonyl (C=O) groups is 2. The number of likely N-dealkylation sites (tertiary alicyclic amines) is 1. The van der Waals surface area contributed by atoms with E-state index in [1.807, 2.05) is 47.4 Å². The molecule has 0 spiro atoms. The van der Waals surface area contributed by atoms with E-state index in [0.29, 0.717) is 31.1 Å². The maximum Gasteiger partial charge on any atom is 0.224 e. The van der Waals surface area contributed by atoms with E-state index in [9.17, 15) is 14.7 Å². The van der Waals surface area contributed by atoms with Gasteiger partial charge in [0.2, 0.25) is 17.7 Å². The zero-order chi connectivity index (χ0) is 28.9. The fraction of sp³-hybridized carbons (Fsp3) is 0.344. The molecule has 3 heterocycles. The number of halogens is 1. The molecule has 8 nitrogen and oxygen atoms in total. The molecule has 4 aromatic rings. The summed E-state index contributed by atoms with van der Waals surface area (Å²) >= 11 is 6.54. The molecule has 0 radical (unpaired) electrons. The van der Waals surface area contributed by atoms with Crippen LogP contribution in [0.1, 0.15) is 43.4 Å². The molecular formula is C32H36ClN5O3. The van der Waals surface area contributed by atoms with Crippen LogP contribution in [0.25, 0.3) is 22.0 Å². The van der Waals surface area contributed by atoms with Gasteiger partial charge in [0.15, 0.2) is 0 Å². The molecule has 1 saturated heterocycles. The van der Waals surface area contributed by atoms with E-state index in [1.165, 1.54) is 6.92 Å². The second-order valence-corrected chi connectivity index (χ2v) is 11.2. The monoisotopic (exact) mass is 573 g/mol. The minimum Gasteiger partial charge on any atom is -0.493 e. The van der Waals surface area contributed by atoms with E-state index >= 15 is 0 Å². The Morgan fingerprint density at radius 3 is 2.66 bits per heavy atom. The SMILES string of the molecule is CC(=O)NCCn1c(C2CCCN(C(=O)C[C@H](N)Cc3ccc(-c4ccc(O)nc4)cc3)C2)cc2c(Cl)cccc21. The van der Waals surface area contributed by atoms with Crippen molar-refractivity contribution in [2.45, 2.75) is 51.1 Å². The van der Waals surface area contributed by atoms with Crippen molar-refractivity contribution >= 4 is 34.3 Å². The van der Waals surface area contributed by atoms with E-state index in [0.717, 1.165) is 52.7 Å². The third kappa shape index (κ3) is 6.89. The number of fused-ring (bicyclic) bond motifs is 1.